The molecule has 0 aromatic heterocycles. The number of fused-ring (bicyclic) bond motifs is 1. The number of nitrogens with one attached hydrogen (secondary N) is 1. The van der Waals surface area contributed by atoms with E-state index in [2.05, 4.69) is 5.32 Å². The second-order valence-electron chi connectivity index (χ2n) is 16.6. The van der Waals surface area contributed by atoms with Crippen LogP contribution in [0.15, 0.2) is 71.8 Å². The lowest BCUT2D eigenvalue weighted by molar-refractivity contribution is -0.472. The van der Waals surface area contributed by atoms with E-state index in [1.807, 2.05) is 6.92 Å². The number of carbonyl (C=O) groups excluding carboxylic acids is 5. The maximum absolute atomic E-state index is 14.8. The number of carbonyl (C=O) groups is 5. The molecule has 4 aliphatic carbocycles. The summed E-state index contributed by atoms with van der Waals surface area (Å²) in [4.78, 5) is 68.8. The van der Waals surface area contributed by atoms with Crippen LogP contribution >= 0.6 is 0 Å². The Hall–Kier alpha value is -4.47. The van der Waals surface area contributed by atoms with Crippen LogP contribution in [0.3, 0.4) is 0 Å². The summed E-state index contributed by atoms with van der Waals surface area (Å²) in [5.41, 5.74) is -8.97. The molecule has 0 bridgehead atoms. The number of unbranched alkanes of at least 4 members (excludes halogenated alkanes) is 2. The minimum absolute atomic E-state index is 0.0480. The Labute approximate surface area is 330 Å². The predicted molar refractivity (Wildman–Crippen MR) is 200 cm³/mol. The number of hydrogen-bond donors (Lipinski definition) is 5. The molecular formula is C43H51NO13. The lowest BCUT2D eigenvalue weighted by Crippen LogP contribution is -3.00. The van der Waals surface area contributed by atoms with Gasteiger partial charge in [-0.2, -0.15) is 0 Å². The van der Waals surface area contributed by atoms with Gasteiger partial charge >= 0.3 is 17.9 Å². The van der Waals surface area contributed by atoms with Crippen molar-refractivity contribution in [3.8, 4) is 0 Å². The third-order valence-electron chi connectivity index (χ3n) is 13.9. The highest BCUT2D eigenvalue weighted by molar-refractivity contribution is 5.98. The van der Waals surface area contributed by atoms with Crippen molar-refractivity contribution >= 4 is 29.6 Å². The molecule has 57 heavy (non-hydrogen) atoms. The number of aliphatic hydroxyl groups is 4. The second kappa shape index (κ2) is 14.4. The van der Waals surface area contributed by atoms with Gasteiger partial charge in [-0.3, -0.25) is 14.4 Å². The number of rotatable bonds is 12. The van der Waals surface area contributed by atoms with Crippen molar-refractivity contribution in [3.05, 3.63) is 82.9 Å². The highest BCUT2D eigenvalue weighted by Gasteiger charge is 2.99. The first-order chi connectivity index (χ1) is 27.0. The van der Waals surface area contributed by atoms with Gasteiger partial charge in [0.2, 0.25) is 5.91 Å². The number of amides is 1. The summed E-state index contributed by atoms with van der Waals surface area (Å²) < 4.78 is 24.3. The standard InChI is InChI=1S/C43H51NO13/c1-6-7-10-19-30(47)44-32(25-15-11-8-12-16-25)34(49)37(52)55-27-21-41(53)38(56-36(51)26-17-13-9-14-18-26)43-39(4,35(50)33(48)31(23(27)2)40(41,43)5)28(46)20-29-42(43,22-54-29)57-24(3)45/h8-9,11-18,27-29,32-34,38,46,48-49,53H,6-7,10,19-22H2,1-5H3,(H,44,47)/t27-,28-,29+,32-,33+,34+,38+,39-,40-,41+,42-,43?/m0/s1. The number of benzene rings is 2. The molecule has 5 N–H and O–H groups in total. The van der Waals surface area contributed by atoms with Crippen molar-refractivity contribution in [2.75, 3.05) is 6.61 Å². The maximum atomic E-state index is 14.8. The highest BCUT2D eigenvalue weighted by Crippen LogP contribution is 2.85. The molecule has 1 spiro atoms. The second-order valence-corrected chi connectivity index (χ2v) is 16.6. The van der Waals surface area contributed by atoms with E-state index >= 15 is 0 Å². The van der Waals surface area contributed by atoms with E-state index in [0.29, 0.717) is 12.0 Å². The molecule has 14 heteroatoms. The van der Waals surface area contributed by atoms with Gasteiger partial charge in [0, 0.05) is 31.6 Å². The third kappa shape index (κ3) is 5.43. The van der Waals surface area contributed by atoms with Crippen LogP contribution in [0.25, 0.3) is 0 Å². The molecule has 3 saturated carbocycles. The van der Waals surface area contributed by atoms with Gasteiger partial charge in [0.15, 0.2) is 17.5 Å². The SMILES string of the molecule is CCCCCC(=O)N[C@@H](c1ccccc1)[C@@H](O)C(=O)O[C@H]1C[C@@]2(O)[C@@H](OC(=O)c3ccccc3)C34[C@]5(OC(C)=O)CO[C@@H]5C[C@H](O)[C@@]3(C)C(=O)[C@H](O)C(=C1C)[C@]42C. The van der Waals surface area contributed by atoms with E-state index < -0.39 is 100 Å². The Morgan fingerprint density at radius 2 is 1.63 bits per heavy atom. The molecule has 7 rings (SSSR count). The average Bonchev–Trinajstić information content (AvgIpc) is 3.18. The summed E-state index contributed by atoms with van der Waals surface area (Å²) in [7, 11) is 0. The molecule has 1 heterocycles. The van der Waals surface area contributed by atoms with E-state index in [1.54, 1.807) is 55.5 Å². The molecule has 2 aromatic rings. The van der Waals surface area contributed by atoms with Gasteiger partial charge in [0.05, 0.1) is 35.1 Å². The first-order valence-electron chi connectivity index (χ1n) is 19.6. The molecule has 2 aromatic carbocycles. The van der Waals surface area contributed by atoms with Gasteiger partial charge in [0.1, 0.15) is 30.0 Å². The minimum Gasteiger partial charge on any atom is -0.456 e. The van der Waals surface area contributed by atoms with Crippen molar-refractivity contribution in [3.63, 3.8) is 0 Å². The molecule has 1 amide bonds. The summed E-state index contributed by atoms with van der Waals surface area (Å²) >= 11 is 0. The minimum atomic E-state index is -2.23. The van der Waals surface area contributed by atoms with Crippen LogP contribution in [0.4, 0.5) is 0 Å². The van der Waals surface area contributed by atoms with Crippen LogP contribution < -0.4 is 5.32 Å². The fourth-order valence-corrected chi connectivity index (χ4v) is 11.4. The zero-order valence-corrected chi connectivity index (χ0v) is 32.7. The number of esters is 3. The summed E-state index contributed by atoms with van der Waals surface area (Å²) in [6.45, 7) is 7.46. The summed E-state index contributed by atoms with van der Waals surface area (Å²) in [5.74, 6) is -4.05. The molecule has 1 unspecified atom stereocenters. The molecule has 4 fully saturated rings. The molecule has 1 aliphatic heterocycles. The summed E-state index contributed by atoms with van der Waals surface area (Å²) in [5, 5.41) is 51.5. The van der Waals surface area contributed by atoms with Crippen molar-refractivity contribution < 1.29 is 63.3 Å². The number of Topliss-reactive ketones (excluding diaryl/α,β-unsaturated/α-hetero) is 1. The lowest BCUT2D eigenvalue weighted by Gasteiger charge is -2.86. The van der Waals surface area contributed by atoms with Gasteiger partial charge in [-0.25, -0.2) is 9.59 Å². The van der Waals surface area contributed by atoms with Crippen LogP contribution in [0.2, 0.25) is 0 Å². The fourth-order valence-electron chi connectivity index (χ4n) is 11.4. The molecule has 14 nitrogen and oxygen atoms in total. The van der Waals surface area contributed by atoms with Gasteiger partial charge in [0.25, 0.3) is 0 Å². The molecule has 1 saturated heterocycles. The van der Waals surface area contributed by atoms with Crippen LogP contribution in [0.5, 0.6) is 0 Å². The number of hydrogen-bond acceptors (Lipinski definition) is 13. The van der Waals surface area contributed by atoms with E-state index in [0.717, 1.165) is 12.8 Å². The lowest BCUT2D eigenvalue weighted by atomic mass is 9.20. The van der Waals surface area contributed by atoms with Crippen molar-refractivity contribution in [1.82, 2.24) is 5.32 Å². The highest BCUT2D eigenvalue weighted by atomic mass is 16.6. The fraction of sp³-hybridized carbons (Fsp3) is 0.558. The average molecular weight is 790 g/mol. The summed E-state index contributed by atoms with van der Waals surface area (Å²) in [6.07, 6.45) is -7.61. The third-order valence-corrected chi connectivity index (χ3v) is 13.9. The monoisotopic (exact) mass is 789 g/mol. The Morgan fingerprint density at radius 1 is 0.982 bits per heavy atom. The Balaban J connectivity index is 1.34. The van der Waals surface area contributed by atoms with E-state index in [9.17, 15) is 44.4 Å². The quantitative estimate of drug-likeness (QED) is 0.0907. The van der Waals surface area contributed by atoms with Gasteiger partial charge in [-0.05, 0) is 49.1 Å². The first kappa shape index (κ1) is 40.7. The largest absolute Gasteiger partial charge is 0.456 e. The van der Waals surface area contributed by atoms with Gasteiger partial charge in [-0.15, -0.1) is 0 Å². The van der Waals surface area contributed by atoms with Crippen molar-refractivity contribution in [2.45, 2.75) is 127 Å². The number of aliphatic hydroxyl groups excluding tert-OH is 3. The van der Waals surface area contributed by atoms with Crippen LogP contribution in [0, 0.1) is 16.2 Å². The number of ether oxygens (including phenoxy) is 4. The summed E-state index contributed by atoms with van der Waals surface area (Å²) in [6, 6.07) is 15.1. The zero-order chi connectivity index (χ0) is 41.3. The van der Waals surface area contributed by atoms with Crippen molar-refractivity contribution in [1.29, 1.82) is 0 Å². The Bertz CT molecular complexity index is 1990. The number of ketones is 1. The maximum Gasteiger partial charge on any atom is 0.338 e. The Kier molecular flexibility index (Phi) is 10.3. The molecule has 306 valence electrons. The smallest absolute Gasteiger partial charge is 0.338 e. The van der Waals surface area contributed by atoms with Crippen LogP contribution in [0.1, 0.15) is 95.1 Å². The molecule has 12 atom stereocenters. The first-order valence-corrected chi connectivity index (χ1v) is 19.6. The Morgan fingerprint density at radius 3 is 2.23 bits per heavy atom. The molecule has 0 radical (unpaired) electrons. The molecular weight excluding hydrogens is 738 g/mol. The van der Waals surface area contributed by atoms with Gasteiger partial charge in [-0.1, -0.05) is 75.2 Å². The van der Waals surface area contributed by atoms with E-state index in [-0.39, 0.29) is 42.1 Å². The zero-order valence-electron chi connectivity index (χ0n) is 32.7. The van der Waals surface area contributed by atoms with E-state index in [1.165, 1.54) is 32.9 Å². The predicted octanol–water partition coefficient (Wildman–Crippen LogP) is 2.80. The molecule has 5 aliphatic rings. The van der Waals surface area contributed by atoms with Crippen LogP contribution in [-0.4, -0.2) is 104 Å². The topological polar surface area (TPSA) is 215 Å². The van der Waals surface area contributed by atoms with Crippen molar-refractivity contribution in [2.24, 2.45) is 16.2 Å². The van der Waals surface area contributed by atoms with Crippen LogP contribution in [-0.2, 0) is 38.1 Å². The van der Waals surface area contributed by atoms with E-state index in [4.69, 9.17) is 18.9 Å². The normalized spacial score (nSPS) is 37.1. The van der Waals surface area contributed by atoms with Gasteiger partial charge < -0.3 is 44.7 Å².